The van der Waals surface area contributed by atoms with Crippen LogP contribution in [0.5, 0.6) is 0 Å². The normalized spacial score (nSPS) is 25.2. The topological polar surface area (TPSA) is 38.0 Å². The van der Waals surface area contributed by atoms with Crippen LogP contribution in [0.2, 0.25) is 0 Å². The summed E-state index contributed by atoms with van der Waals surface area (Å²) in [7, 11) is 0. The monoisotopic (exact) mass is 274 g/mol. The van der Waals surface area contributed by atoms with Gasteiger partial charge in [0.15, 0.2) is 0 Å². The fraction of sp³-hybridized carbons (Fsp3) is 0.667. The van der Waals surface area contributed by atoms with Gasteiger partial charge in [0.25, 0.3) is 0 Å². The minimum Gasteiger partial charge on any atom is -0.271 e. The SMILES string of the molecule is CC(CC(NN)C1CC1c1ccccc1)CC(C)(C)C. The number of hydrogen-bond acceptors (Lipinski definition) is 2. The van der Waals surface area contributed by atoms with Crippen molar-refractivity contribution in [2.75, 3.05) is 0 Å². The third kappa shape index (κ3) is 4.32. The van der Waals surface area contributed by atoms with E-state index in [2.05, 4.69) is 63.5 Å². The van der Waals surface area contributed by atoms with Crippen LogP contribution in [-0.2, 0) is 0 Å². The van der Waals surface area contributed by atoms with E-state index in [0.29, 0.717) is 29.2 Å². The van der Waals surface area contributed by atoms with Crippen molar-refractivity contribution in [2.24, 2.45) is 23.1 Å². The van der Waals surface area contributed by atoms with Gasteiger partial charge in [-0.25, -0.2) is 0 Å². The second-order valence-electron chi connectivity index (χ2n) is 7.80. The van der Waals surface area contributed by atoms with Crippen molar-refractivity contribution >= 4 is 0 Å². The molecule has 0 aliphatic heterocycles. The van der Waals surface area contributed by atoms with Crippen molar-refractivity contribution in [3.63, 3.8) is 0 Å². The van der Waals surface area contributed by atoms with E-state index in [9.17, 15) is 0 Å². The fourth-order valence-corrected chi connectivity index (χ4v) is 3.67. The van der Waals surface area contributed by atoms with Crippen molar-refractivity contribution in [3.8, 4) is 0 Å². The highest BCUT2D eigenvalue weighted by molar-refractivity contribution is 5.26. The molecule has 0 amide bonds. The highest BCUT2D eigenvalue weighted by atomic mass is 15.2. The van der Waals surface area contributed by atoms with Gasteiger partial charge in [0.1, 0.15) is 0 Å². The average Bonchev–Trinajstić information content (AvgIpc) is 3.15. The Labute approximate surface area is 124 Å². The van der Waals surface area contributed by atoms with Gasteiger partial charge in [0, 0.05) is 6.04 Å². The van der Waals surface area contributed by atoms with Gasteiger partial charge in [-0.3, -0.25) is 11.3 Å². The Morgan fingerprint density at radius 2 is 1.90 bits per heavy atom. The molecule has 20 heavy (non-hydrogen) atoms. The summed E-state index contributed by atoms with van der Waals surface area (Å²) in [5.41, 5.74) is 4.96. The number of rotatable bonds is 6. The lowest BCUT2D eigenvalue weighted by molar-refractivity contribution is 0.266. The molecule has 0 radical (unpaired) electrons. The summed E-state index contributed by atoms with van der Waals surface area (Å²) in [6.07, 6.45) is 3.72. The van der Waals surface area contributed by atoms with Crippen LogP contribution in [0.3, 0.4) is 0 Å². The average molecular weight is 274 g/mol. The van der Waals surface area contributed by atoms with E-state index < -0.39 is 0 Å². The largest absolute Gasteiger partial charge is 0.271 e. The molecule has 0 bridgehead atoms. The molecule has 2 heteroatoms. The lowest BCUT2D eigenvalue weighted by atomic mass is 9.82. The highest BCUT2D eigenvalue weighted by Crippen LogP contribution is 2.50. The molecular formula is C18H30N2. The third-order valence-corrected chi connectivity index (χ3v) is 4.42. The van der Waals surface area contributed by atoms with Gasteiger partial charge < -0.3 is 0 Å². The Morgan fingerprint density at radius 1 is 1.25 bits per heavy atom. The van der Waals surface area contributed by atoms with Crippen LogP contribution < -0.4 is 11.3 Å². The van der Waals surface area contributed by atoms with Gasteiger partial charge in [-0.2, -0.15) is 0 Å². The standard InChI is InChI=1S/C18H30N2/c1-13(12-18(2,3)4)10-17(20-19)16-11-15(16)14-8-6-5-7-9-14/h5-9,13,15-17,20H,10-12,19H2,1-4H3. The van der Waals surface area contributed by atoms with Crippen LogP contribution in [0, 0.1) is 17.3 Å². The zero-order chi connectivity index (χ0) is 14.8. The van der Waals surface area contributed by atoms with Crippen LogP contribution in [0.15, 0.2) is 30.3 Å². The first-order valence-corrected chi connectivity index (χ1v) is 7.92. The summed E-state index contributed by atoms with van der Waals surface area (Å²) in [6, 6.07) is 11.3. The maximum absolute atomic E-state index is 5.82. The van der Waals surface area contributed by atoms with Crippen molar-refractivity contribution in [2.45, 2.75) is 58.9 Å². The van der Waals surface area contributed by atoms with E-state index in [0.717, 1.165) is 0 Å². The second-order valence-corrected chi connectivity index (χ2v) is 7.80. The summed E-state index contributed by atoms with van der Waals surface area (Å²) in [5, 5.41) is 0. The maximum atomic E-state index is 5.82. The summed E-state index contributed by atoms with van der Waals surface area (Å²) in [5.74, 6) is 7.95. The summed E-state index contributed by atoms with van der Waals surface area (Å²) >= 11 is 0. The zero-order valence-corrected chi connectivity index (χ0v) is 13.4. The number of benzene rings is 1. The molecule has 2 nitrogen and oxygen atoms in total. The van der Waals surface area contributed by atoms with Crippen LogP contribution in [0.1, 0.15) is 58.4 Å². The molecule has 1 aromatic rings. The molecule has 0 aromatic heterocycles. The molecule has 3 N–H and O–H groups in total. The number of nitrogens with one attached hydrogen (secondary N) is 1. The molecule has 1 aliphatic rings. The van der Waals surface area contributed by atoms with Crippen LogP contribution in [0.4, 0.5) is 0 Å². The van der Waals surface area contributed by atoms with Gasteiger partial charge in [-0.05, 0) is 48.0 Å². The molecule has 112 valence electrons. The van der Waals surface area contributed by atoms with E-state index in [1.165, 1.54) is 24.8 Å². The van der Waals surface area contributed by atoms with Crippen LogP contribution in [-0.4, -0.2) is 6.04 Å². The van der Waals surface area contributed by atoms with E-state index in [4.69, 9.17) is 5.84 Å². The zero-order valence-electron chi connectivity index (χ0n) is 13.4. The smallest absolute Gasteiger partial charge is 0.0247 e. The van der Waals surface area contributed by atoms with Gasteiger partial charge >= 0.3 is 0 Å². The van der Waals surface area contributed by atoms with Gasteiger partial charge in [0.05, 0.1) is 0 Å². The second kappa shape index (κ2) is 6.28. The van der Waals surface area contributed by atoms with Crippen LogP contribution >= 0.6 is 0 Å². The summed E-state index contributed by atoms with van der Waals surface area (Å²) in [4.78, 5) is 0. The van der Waals surface area contributed by atoms with Crippen molar-refractivity contribution in [1.29, 1.82) is 0 Å². The van der Waals surface area contributed by atoms with Crippen LogP contribution in [0.25, 0.3) is 0 Å². The molecule has 0 spiro atoms. The minimum atomic E-state index is 0.404. The van der Waals surface area contributed by atoms with E-state index in [-0.39, 0.29) is 0 Å². The number of hydrazine groups is 1. The molecule has 0 heterocycles. The van der Waals surface area contributed by atoms with E-state index in [1.54, 1.807) is 0 Å². The Balaban J connectivity index is 1.88. The predicted molar refractivity (Wildman–Crippen MR) is 86.3 cm³/mol. The molecule has 0 saturated heterocycles. The molecular weight excluding hydrogens is 244 g/mol. The molecule has 4 unspecified atom stereocenters. The molecule has 4 atom stereocenters. The highest BCUT2D eigenvalue weighted by Gasteiger charge is 2.43. The van der Waals surface area contributed by atoms with Gasteiger partial charge in [-0.15, -0.1) is 0 Å². The first-order chi connectivity index (χ1) is 9.40. The lowest BCUT2D eigenvalue weighted by Crippen LogP contribution is -2.38. The first-order valence-electron chi connectivity index (χ1n) is 7.92. The number of nitrogens with two attached hydrogens (primary N) is 1. The maximum Gasteiger partial charge on any atom is 0.0247 e. The molecule has 1 aromatic carbocycles. The molecule has 1 aliphatic carbocycles. The predicted octanol–water partition coefficient (Wildman–Crippen LogP) is 4.08. The van der Waals surface area contributed by atoms with Gasteiger partial charge in [0.2, 0.25) is 0 Å². The fourth-order valence-electron chi connectivity index (χ4n) is 3.67. The Morgan fingerprint density at radius 3 is 2.45 bits per heavy atom. The Bertz CT molecular complexity index is 407. The minimum absolute atomic E-state index is 0.404. The van der Waals surface area contributed by atoms with E-state index >= 15 is 0 Å². The lowest BCUT2D eigenvalue weighted by Gasteiger charge is -2.26. The van der Waals surface area contributed by atoms with Crippen molar-refractivity contribution in [1.82, 2.24) is 5.43 Å². The van der Waals surface area contributed by atoms with Crippen molar-refractivity contribution < 1.29 is 0 Å². The molecule has 1 fully saturated rings. The first kappa shape index (κ1) is 15.5. The van der Waals surface area contributed by atoms with E-state index in [1.807, 2.05) is 0 Å². The third-order valence-electron chi connectivity index (χ3n) is 4.42. The Hall–Kier alpha value is -0.860. The van der Waals surface area contributed by atoms with Gasteiger partial charge in [-0.1, -0.05) is 58.0 Å². The van der Waals surface area contributed by atoms with Crippen molar-refractivity contribution in [3.05, 3.63) is 35.9 Å². The quantitative estimate of drug-likeness (QED) is 0.606. The molecule has 2 rings (SSSR count). The number of hydrogen-bond donors (Lipinski definition) is 2. The summed E-state index contributed by atoms with van der Waals surface area (Å²) in [6.45, 7) is 9.31. The Kier molecular flexibility index (Phi) is 4.87. The molecule has 1 saturated carbocycles. The summed E-state index contributed by atoms with van der Waals surface area (Å²) < 4.78 is 0.